The van der Waals surface area contributed by atoms with Crippen LogP contribution in [-0.4, -0.2) is 16.2 Å². The molecule has 1 amide bonds. The van der Waals surface area contributed by atoms with Crippen LogP contribution < -0.4 is 5.32 Å². The molecule has 0 bridgehead atoms. The third-order valence-corrected chi connectivity index (χ3v) is 6.68. The zero-order valence-electron chi connectivity index (χ0n) is 13.5. The minimum atomic E-state index is -0.294. The summed E-state index contributed by atoms with van der Waals surface area (Å²) in [6.07, 6.45) is 4.82. The summed E-state index contributed by atoms with van der Waals surface area (Å²) in [5, 5.41) is 3.85. The van der Waals surface area contributed by atoms with Gasteiger partial charge in [-0.3, -0.25) is 4.79 Å². The predicted octanol–water partition coefficient (Wildman–Crippen LogP) is 4.40. The number of nitrogens with one attached hydrogen (secondary N) is 1. The third-order valence-electron chi connectivity index (χ3n) is 4.26. The van der Waals surface area contributed by atoms with Crippen LogP contribution in [0.4, 0.5) is 4.39 Å². The van der Waals surface area contributed by atoms with Gasteiger partial charge in [0, 0.05) is 35.1 Å². The van der Waals surface area contributed by atoms with E-state index < -0.39 is 0 Å². The minimum Gasteiger partial charge on any atom is -0.348 e. The second-order valence-electron chi connectivity index (χ2n) is 5.85. The lowest BCUT2D eigenvalue weighted by Gasteiger charge is -2.13. The molecule has 6 heteroatoms. The number of benzene rings is 1. The van der Waals surface area contributed by atoms with E-state index in [1.54, 1.807) is 29.5 Å². The van der Waals surface area contributed by atoms with Crippen molar-refractivity contribution < 1.29 is 9.18 Å². The molecule has 4 rings (SSSR count). The number of hydrogen-bond acceptors (Lipinski definition) is 3. The molecule has 3 aromatic rings. The zero-order valence-corrected chi connectivity index (χ0v) is 15.1. The van der Waals surface area contributed by atoms with E-state index in [0.717, 1.165) is 34.1 Å². The molecule has 2 aromatic heterocycles. The highest BCUT2D eigenvalue weighted by Gasteiger charge is 2.26. The Hall–Kier alpha value is -2.05. The molecule has 1 aliphatic rings. The molecular formula is C19H17FN2OS2. The first-order valence-corrected chi connectivity index (χ1v) is 10.1. The van der Waals surface area contributed by atoms with E-state index in [9.17, 15) is 9.18 Å². The van der Waals surface area contributed by atoms with Crippen LogP contribution in [0.2, 0.25) is 0 Å². The molecule has 0 saturated carbocycles. The van der Waals surface area contributed by atoms with Gasteiger partial charge in [-0.1, -0.05) is 18.2 Å². The highest BCUT2D eigenvalue weighted by atomic mass is 32.2. The van der Waals surface area contributed by atoms with E-state index in [4.69, 9.17) is 0 Å². The average Bonchev–Trinajstić information content (AvgIpc) is 3.28. The minimum absolute atomic E-state index is 0.128. The maximum Gasteiger partial charge on any atom is 0.254 e. The Labute approximate surface area is 153 Å². The first-order chi connectivity index (χ1) is 12.2. The molecule has 1 aromatic carbocycles. The van der Waals surface area contributed by atoms with Crippen molar-refractivity contribution >= 4 is 29.0 Å². The first kappa shape index (κ1) is 16.4. The highest BCUT2D eigenvalue weighted by molar-refractivity contribution is 7.98. The SMILES string of the molecule is O=C(NCc1ccccc1F)c1c(-n2cccc2)sc2c1CCSC2. The van der Waals surface area contributed by atoms with Crippen LogP contribution >= 0.6 is 23.1 Å². The third kappa shape index (κ3) is 3.24. The second-order valence-corrected chi connectivity index (χ2v) is 8.04. The Morgan fingerprint density at radius 1 is 1.20 bits per heavy atom. The van der Waals surface area contributed by atoms with Crippen LogP contribution in [0.25, 0.3) is 5.00 Å². The Balaban J connectivity index is 1.65. The van der Waals surface area contributed by atoms with Crippen LogP contribution in [0.15, 0.2) is 48.8 Å². The molecule has 128 valence electrons. The van der Waals surface area contributed by atoms with Crippen molar-refractivity contribution in [3.05, 3.63) is 76.2 Å². The van der Waals surface area contributed by atoms with E-state index in [0.29, 0.717) is 5.56 Å². The topological polar surface area (TPSA) is 34.0 Å². The molecule has 0 saturated heterocycles. The van der Waals surface area contributed by atoms with Gasteiger partial charge in [-0.05, 0) is 35.9 Å². The fourth-order valence-corrected chi connectivity index (χ4v) is 5.45. The van der Waals surface area contributed by atoms with Gasteiger partial charge in [-0.25, -0.2) is 4.39 Å². The van der Waals surface area contributed by atoms with Crippen molar-refractivity contribution in [3.8, 4) is 5.00 Å². The molecule has 0 fully saturated rings. The number of hydrogen-bond donors (Lipinski definition) is 1. The highest BCUT2D eigenvalue weighted by Crippen LogP contribution is 2.38. The van der Waals surface area contributed by atoms with Crippen LogP contribution in [0.5, 0.6) is 0 Å². The summed E-state index contributed by atoms with van der Waals surface area (Å²) in [6.45, 7) is 0.190. The monoisotopic (exact) mass is 372 g/mol. The standard InChI is InChI=1S/C19H17FN2OS2/c20-15-6-2-1-5-13(15)11-21-18(23)17-14-7-10-24-12-16(14)25-19(17)22-8-3-4-9-22/h1-6,8-9H,7,10-12H2,(H,21,23). The van der Waals surface area contributed by atoms with Gasteiger partial charge in [0.05, 0.1) is 5.56 Å². The summed E-state index contributed by atoms with van der Waals surface area (Å²) in [5.41, 5.74) is 2.39. The van der Waals surface area contributed by atoms with Gasteiger partial charge in [0.25, 0.3) is 5.91 Å². The number of aromatic nitrogens is 1. The normalized spacial score (nSPS) is 13.5. The maximum absolute atomic E-state index is 13.8. The zero-order chi connectivity index (χ0) is 17.2. The van der Waals surface area contributed by atoms with Gasteiger partial charge in [0.15, 0.2) is 0 Å². The van der Waals surface area contributed by atoms with Crippen molar-refractivity contribution in [2.45, 2.75) is 18.7 Å². The predicted molar refractivity (Wildman–Crippen MR) is 101 cm³/mol. The van der Waals surface area contributed by atoms with Crippen molar-refractivity contribution in [2.75, 3.05) is 5.75 Å². The Morgan fingerprint density at radius 2 is 2.00 bits per heavy atom. The lowest BCUT2D eigenvalue weighted by atomic mass is 10.1. The van der Waals surface area contributed by atoms with Gasteiger partial charge in [-0.15, -0.1) is 11.3 Å². The van der Waals surface area contributed by atoms with Crippen LogP contribution in [-0.2, 0) is 18.7 Å². The number of carbonyl (C=O) groups is 1. The van der Waals surface area contributed by atoms with Gasteiger partial charge >= 0.3 is 0 Å². The quantitative estimate of drug-likeness (QED) is 0.737. The molecule has 25 heavy (non-hydrogen) atoms. The fourth-order valence-electron chi connectivity index (χ4n) is 3.01. The fraction of sp³-hybridized carbons (Fsp3) is 0.211. The number of rotatable bonds is 4. The largest absolute Gasteiger partial charge is 0.348 e. The Bertz CT molecular complexity index is 902. The van der Waals surface area contributed by atoms with E-state index in [-0.39, 0.29) is 18.3 Å². The molecule has 3 heterocycles. The molecule has 0 spiro atoms. The molecule has 1 aliphatic heterocycles. The molecular weight excluding hydrogens is 355 g/mol. The van der Waals surface area contributed by atoms with Gasteiger partial charge in [-0.2, -0.15) is 11.8 Å². The lowest BCUT2D eigenvalue weighted by Crippen LogP contribution is -2.25. The summed E-state index contributed by atoms with van der Waals surface area (Å²) >= 11 is 3.58. The van der Waals surface area contributed by atoms with Gasteiger partial charge in [0.1, 0.15) is 10.8 Å². The van der Waals surface area contributed by atoms with E-state index in [1.807, 2.05) is 40.9 Å². The number of halogens is 1. The van der Waals surface area contributed by atoms with E-state index in [2.05, 4.69) is 5.32 Å². The van der Waals surface area contributed by atoms with Crippen molar-refractivity contribution in [1.82, 2.24) is 9.88 Å². The summed E-state index contributed by atoms with van der Waals surface area (Å²) in [4.78, 5) is 14.2. The summed E-state index contributed by atoms with van der Waals surface area (Å²) in [5.74, 6) is 1.56. The Kier molecular flexibility index (Phi) is 4.63. The molecule has 0 aliphatic carbocycles. The average molecular weight is 372 g/mol. The molecule has 0 atom stereocenters. The molecule has 1 N–H and O–H groups in total. The van der Waals surface area contributed by atoms with Gasteiger partial charge in [0.2, 0.25) is 0 Å². The van der Waals surface area contributed by atoms with E-state index in [1.165, 1.54) is 10.9 Å². The Morgan fingerprint density at radius 3 is 2.80 bits per heavy atom. The van der Waals surface area contributed by atoms with Crippen molar-refractivity contribution in [3.63, 3.8) is 0 Å². The smallest absolute Gasteiger partial charge is 0.254 e. The lowest BCUT2D eigenvalue weighted by molar-refractivity contribution is 0.0950. The van der Waals surface area contributed by atoms with Crippen LogP contribution in [0, 0.1) is 5.82 Å². The molecule has 3 nitrogen and oxygen atoms in total. The number of amides is 1. The number of nitrogens with zero attached hydrogens (tertiary/aromatic N) is 1. The first-order valence-electron chi connectivity index (χ1n) is 8.11. The summed E-state index contributed by atoms with van der Waals surface area (Å²) in [6, 6.07) is 10.4. The van der Waals surface area contributed by atoms with Crippen LogP contribution in [0.3, 0.4) is 0 Å². The number of carbonyl (C=O) groups excluding carboxylic acids is 1. The number of thiophene rings is 1. The second kappa shape index (κ2) is 7.06. The molecule has 0 radical (unpaired) electrons. The van der Waals surface area contributed by atoms with Crippen LogP contribution in [0.1, 0.15) is 26.4 Å². The van der Waals surface area contributed by atoms with Crippen molar-refractivity contribution in [1.29, 1.82) is 0 Å². The molecule has 0 unspecified atom stereocenters. The van der Waals surface area contributed by atoms with Crippen molar-refractivity contribution in [2.24, 2.45) is 0 Å². The van der Waals surface area contributed by atoms with Gasteiger partial charge < -0.3 is 9.88 Å². The van der Waals surface area contributed by atoms with E-state index >= 15 is 0 Å². The number of thioether (sulfide) groups is 1. The maximum atomic E-state index is 13.8. The number of fused-ring (bicyclic) bond motifs is 1. The summed E-state index contributed by atoms with van der Waals surface area (Å²) in [7, 11) is 0. The summed E-state index contributed by atoms with van der Waals surface area (Å²) < 4.78 is 15.8.